The number of rotatable bonds is 1. The average Bonchev–Trinajstić information content (AvgIpc) is 2.76. The van der Waals surface area contributed by atoms with Crippen LogP contribution in [0.4, 0.5) is 5.82 Å². The van der Waals surface area contributed by atoms with Gasteiger partial charge in [0.05, 0.1) is 5.69 Å². The number of aromatic nitrogens is 3. The third kappa shape index (κ3) is 1.32. The van der Waals surface area contributed by atoms with Crippen molar-refractivity contribution in [3.63, 3.8) is 0 Å². The molecule has 3 aromatic rings. The summed E-state index contributed by atoms with van der Waals surface area (Å²) in [6.45, 7) is 0. The average molecular weight is 210 g/mol. The predicted molar refractivity (Wildman–Crippen MR) is 63.7 cm³/mol. The van der Waals surface area contributed by atoms with E-state index in [9.17, 15) is 0 Å². The van der Waals surface area contributed by atoms with Gasteiger partial charge in [0.1, 0.15) is 11.5 Å². The second-order valence-electron chi connectivity index (χ2n) is 3.55. The molecule has 0 unspecified atom stereocenters. The Morgan fingerprint density at radius 3 is 2.94 bits per heavy atom. The van der Waals surface area contributed by atoms with Gasteiger partial charge in [-0.05, 0) is 24.3 Å². The molecule has 0 aromatic carbocycles. The summed E-state index contributed by atoms with van der Waals surface area (Å²) < 4.78 is 0. The molecule has 0 aliphatic rings. The van der Waals surface area contributed by atoms with Crippen LogP contribution in [0.3, 0.4) is 0 Å². The second-order valence-corrected chi connectivity index (χ2v) is 3.55. The summed E-state index contributed by atoms with van der Waals surface area (Å²) >= 11 is 0. The highest BCUT2D eigenvalue weighted by molar-refractivity contribution is 5.91. The summed E-state index contributed by atoms with van der Waals surface area (Å²) in [5.74, 6) is 0.526. The molecule has 3 rings (SSSR count). The first-order valence-electron chi connectivity index (χ1n) is 4.99. The molecule has 16 heavy (non-hydrogen) atoms. The number of H-pyrrole nitrogens is 1. The highest BCUT2D eigenvalue weighted by Crippen LogP contribution is 2.25. The summed E-state index contributed by atoms with van der Waals surface area (Å²) in [7, 11) is 0. The molecule has 3 N–H and O–H groups in total. The lowest BCUT2D eigenvalue weighted by Crippen LogP contribution is -1.92. The van der Waals surface area contributed by atoms with E-state index in [2.05, 4.69) is 15.0 Å². The molecule has 3 aromatic heterocycles. The van der Waals surface area contributed by atoms with Crippen LogP contribution in [0.15, 0.2) is 42.7 Å². The topological polar surface area (TPSA) is 67.6 Å². The Bertz CT molecular complexity index is 642. The Labute approximate surface area is 92.2 Å². The van der Waals surface area contributed by atoms with Gasteiger partial charge in [-0.25, -0.2) is 9.97 Å². The van der Waals surface area contributed by atoms with Gasteiger partial charge in [0.25, 0.3) is 0 Å². The van der Waals surface area contributed by atoms with E-state index in [-0.39, 0.29) is 0 Å². The number of nitrogens with zero attached hydrogens (tertiary/aromatic N) is 2. The number of nitrogens with one attached hydrogen (secondary N) is 1. The highest BCUT2D eigenvalue weighted by Gasteiger charge is 2.06. The summed E-state index contributed by atoms with van der Waals surface area (Å²) in [6, 6.07) is 9.55. The molecule has 0 spiro atoms. The Morgan fingerprint density at radius 1 is 1.12 bits per heavy atom. The maximum Gasteiger partial charge on any atom is 0.137 e. The van der Waals surface area contributed by atoms with Gasteiger partial charge in [-0.3, -0.25) is 0 Å². The van der Waals surface area contributed by atoms with E-state index in [1.165, 1.54) is 0 Å². The molecular weight excluding hydrogens is 200 g/mol. The second kappa shape index (κ2) is 3.34. The van der Waals surface area contributed by atoms with Crippen molar-refractivity contribution in [2.24, 2.45) is 0 Å². The van der Waals surface area contributed by atoms with E-state index < -0.39 is 0 Å². The van der Waals surface area contributed by atoms with Gasteiger partial charge in [-0.2, -0.15) is 0 Å². The van der Waals surface area contributed by atoms with Crippen molar-refractivity contribution in [3.8, 4) is 11.3 Å². The lowest BCUT2D eigenvalue weighted by atomic mass is 10.1. The van der Waals surface area contributed by atoms with E-state index in [1.807, 2.05) is 30.5 Å². The molecule has 3 heterocycles. The zero-order valence-corrected chi connectivity index (χ0v) is 8.51. The fraction of sp³-hybridized carbons (Fsp3) is 0. The predicted octanol–water partition coefficient (Wildman–Crippen LogP) is 2.21. The fourth-order valence-corrected chi connectivity index (χ4v) is 1.79. The van der Waals surface area contributed by atoms with Crippen LogP contribution in [0.2, 0.25) is 0 Å². The van der Waals surface area contributed by atoms with Crippen molar-refractivity contribution in [1.29, 1.82) is 0 Å². The van der Waals surface area contributed by atoms with Gasteiger partial charge >= 0.3 is 0 Å². The molecular formula is C12H10N4. The fourth-order valence-electron chi connectivity index (χ4n) is 1.79. The molecule has 0 aliphatic heterocycles. The Balaban J connectivity index is 2.29. The van der Waals surface area contributed by atoms with Gasteiger partial charge in [-0.1, -0.05) is 6.07 Å². The van der Waals surface area contributed by atoms with Crippen LogP contribution in [0.1, 0.15) is 0 Å². The lowest BCUT2D eigenvalue weighted by Gasteiger charge is -2.02. The monoisotopic (exact) mass is 210 g/mol. The minimum atomic E-state index is 0.526. The van der Waals surface area contributed by atoms with E-state index in [0.29, 0.717) is 5.82 Å². The van der Waals surface area contributed by atoms with Gasteiger partial charge in [0, 0.05) is 23.3 Å². The number of hydrogen-bond donors (Lipinski definition) is 2. The zero-order chi connectivity index (χ0) is 11.0. The molecule has 0 fully saturated rings. The number of nitrogen functional groups attached to an aromatic ring is 1. The SMILES string of the molecule is Nc1cccc(-c2ccnc3[nH]ccc23)n1. The maximum absolute atomic E-state index is 5.68. The van der Waals surface area contributed by atoms with E-state index in [0.717, 1.165) is 22.3 Å². The maximum atomic E-state index is 5.68. The quantitative estimate of drug-likeness (QED) is 0.647. The number of pyridine rings is 2. The van der Waals surface area contributed by atoms with E-state index in [4.69, 9.17) is 5.73 Å². The molecule has 0 amide bonds. The Kier molecular flexibility index (Phi) is 1.86. The first-order valence-corrected chi connectivity index (χ1v) is 4.99. The molecule has 4 nitrogen and oxygen atoms in total. The summed E-state index contributed by atoms with van der Waals surface area (Å²) in [4.78, 5) is 11.6. The van der Waals surface area contributed by atoms with Crippen molar-refractivity contribution in [3.05, 3.63) is 42.7 Å². The van der Waals surface area contributed by atoms with Crippen molar-refractivity contribution in [1.82, 2.24) is 15.0 Å². The lowest BCUT2D eigenvalue weighted by molar-refractivity contribution is 1.30. The normalized spacial score (nSPS) is 10.8. The minimum absolute atomic E-state index is 0.526. The molecule has 0 bridgehead atoms. The van der Waals surface area contributed by atoms with Crippen molar-refractivity contribution >= 4 is 16.9 Å². The van der Waals surface area contributed by atoms with Crippen LogP contribution >= 0.6 is 0 Å². The molecule has 0 aliphatic carbocycles. The number of nitrogens with two attached hydrogens (primary N) is 1. The Hall–Kier alpha value is -2.36. The number of hydrogen-bond acceptors (Lipinski definition) is 3. The summed E-state index contributed by atoms with van der Waals surface area (Å²) in [6.07, 6.45) is 3.63. The molecule has 78 valence electrons. The Morgan fingerprint density at radius 2 is 2.06 bits per heavy atom. The van der Waals surface area contributed by atoms with Gasteiger partial charge in [0.2, 0.25) is 0 Å². The van der Waals surface area contributed by atoms with Crippen LogP contribution in [0.5, 0.6) is 0 Å². The molecule has 0 radical (unpaired) electrons. The van der Waals surface area contributed by atoms with Gasteiger partial charge in [-0.15, -0.1) is 0 Å². The molecule has 4 heteroatoms. The zero-order valence-electron chi connectivity index (χ0n) is 8.51. The van der Waals surface area contributed by atoms with Gasteiger partial charge in [0.15, 0.2) is 0 Å². The van der Waals surface area contributed by atoms with Crippen molar-refractivity contribution in [2.75, 3.05) is 5.73 Å². The molecule has 0 saturated carbocycles. The number of fused-ring (bicyclic) bond motifs is 1. The first-order chi connectivity index (χ1) is 7.84. The molecule has 0 saturated heterocycles. The standard InChI is InChI=1S/C12H10N4/c13-11-3-1-2-10(16-11)8-4-6-14-12-9(8)5-7-15-12/h1-7H,(H2,13,16)(H,14,15). The third-order valence-electron chi connectivity index (χ3n) is 2.51. The number of aromatic amines is 1. The van der Waals surface area contributed by atoms with Crippen LogP contribution < -0.4 is 5.73 Å². The molecule has 0 atom stereocenters. The van der Waals surface area contributed by atoms with Crippen molar-refractivity contribution in [2.45, 2.75) is 0 Å². The largest absolute Gasteiger partial charge is 0.384 e. The first kappa shape index (κ1) is 8.91. The van der Waals surface area contributed by atoms with E-state index >= 15 is 0 Å². The number of anilines is 1. The van der Waals surface area contributed by atoms with E-state index in [1.54, 1.807) is 12.3 Å². The highest BCUT2D eigenvalue weighted by atomic mass is 14.9. The summed E-state index contributed by atoms with van der Waals surface area (Å²) in [5.41, 5.74) is 8.45. The summed E-state index contributed by atoms with van der Waals surface area (Å²) in [5, 5.41) is 1.06. The third-order valence-corrected chi connectivity index (χ3v) is 2.51. The minimum Gasteiger partial charge on any atom is -0.384 e. The van der Waals surface area contributed by atoms with Crippen LogP contribution in [-0.2, 0) is 0 Å². The van der Waals surface area contributed by atoms with Gasteiger partial charge < -0.3 is 10.7 Å². The van der Waals surface area contributed by atoms with Crippen molar-refractivity contribution < 1.29 is 0 Å². The van der Waals surface area contributed by atoms with Crippen LogP contribution in [0, 0.1) is 0 Å². The smallest absolute Gasteiger partial charge is 0.137 e. The van der Waals surface area contributed by atoms with Crippen LogP contribution in [-0.4, -0.2) is 15.0 Å². The van der Waals surface area contributed by atoms with Crippen LogP contribution in [0.25, 0.3) is 22.3 Å².